The second-order valence-electron chi connectivity index (χ2n) is 8.53. The Morgan fingerprint density at radius 1 is 1.33 bits per heavy atom. The number of alkyl halides is 3. The van der Waals surface area contributed by atoms with Crippen molar-refractivity contribution in [2.75, 3.05) is 6.54 Å². The van der Waals surface area contributed by atoms with E-state index in [0.29, 0.717) is 18.8 Å². The van der Waals surface area contributed by atoms with Gasteiger partial charge in [0.15, 0.2) is 11.5 Å². The van der Waals surface area contributed by atoms with Gasteiger partial charge in [-0.15, -0.1) is 0 Å². The molecule has 0 radical (unpaired) electrons. The third-order valence-electron chi connectivity index (χ3n) is 6.96. The van der Waals surface area contributed by atoms with Gasteiger partial charge in [-0.1, -0.05) is 13.8 Å². The van der Waals surface area contributed by atoms with Crippen LogP contribution in [0.1, 0.15) is 56.0 Å². The van der Waals surface area contributed by atoms with Gasteiger partial charge in [0.05, 0.1) is 0 Å². The molecule has 2 aromatic rings. The Morgan fingerprint density at radius 2 is 2.07 bits per heavy atom. The van der Waals surface area contributed by atoms with Crippen LogP contribution in [0, 0.1) is 5.92 Å². The standard InChI is InChI=1S/C20H21F3N2O2/c1-10-15-8-12-7-14-16(27-17(24-14)11-3-4-11)9-13(12)19(10,2)5-6-25(15)18(26)20(21,22)23/h7,9-11,15H,3-6,8H2,1-2H3/t10?,15-,19?/m1/s1. The number of oxazole rings is 1. The number of amides is 1. The molecule has 2 aliphatic carbocycles. The molecule has 3 aliphatic rings. The molecule has 2 heterocycles. The van der Waals surface area contributed by atoms with Gasteiger partial charge in [-0.2, -0.15) is 13.2 Å². The van der Waals surface area contributed by atoms with Crippen molar-refractivity contribution in [3.8, 4) is 0 Å². The van der Waals surface area contributed by atoms with Crippen LogP contribution in [0.4, 0.5) is 13.2 Å². The molecule has 1 saturated heterocycles. The number of likely N-dealkylation sites (tertiary alicyclic amines) is 1. The molecule has 2 bridgehead atoms. The fourth-order valence-electron chi connectivity index (χ4n) is 4.99. The molecule has 4 nitrogen and oxygen atoms in total. The van der Waals surface area contributed by atoms with Gasteiger partial charge in [-0.3, -0.25) is 4.79 Å². The summed E-state index contributed by atoms with van der Waals surface area (Å²) in [7, 11) is 0. The van der Waals surface area contributed by atoms with E-state index in [-0.39, 0.29) is 17.9 Å². The molecule has 5 rings (SSSR count). The molecule has 0 N–H and O–H groups in total. The number of carbonyl (C=O) groups is 1. The smallest absolute Gasteiger partial charge is 0.440 e. The van der Waals surface area contributed by atoms with Crippen LogP contribution in [-0.2, 0) is 16.6 Å². The number of hydrogen-bond acceptors (Lipinski definition) is 3. The van der Waals surface area contributed by atoms with Gasteiger partial charge in [0.2, 0.25) is 0 Å². The first-order chi connectivity index (χ1) is 12.7. The summed E-state index contributed by atoms with van der Waals surface area (Å²) in [6, 6.07) is 3.55. The lowest BCUT2D eigenvalue weighted by atomic mass is 9.59. The second-order valence-corrected chi connectivity index (χ2v) is 8.53. The lowest BCUT2D eigenvalue weighted by Gasteiger charge is -2.54. The number of fused-ring (bicyclic) bond motifs is 5. The number of rotatable bonds is 1. The first-order valence-electron chi connectivity index (χ1n) is 9.50. The zero-order chi connectivity index (χ0) is 19.1. The maximum absolute atomic E-state index is 13.1. The summed E-state index contributed by atoms with van der Waals surface area (Å²) >= 11 is 0. The fraction of sp³-hybridized carbons (Fsp3) is 0.600. The summed E-state index contributed by atoms with van der Waals surface area (Å²) in [6.45, 7) is 4.19. The van der Waals surface area contributed by atoms with E-state index in [1.54, 1.807) is 0 Å². The zero-order valence-corrected chi connectivity index (χ0v) is 15.3. The van der Waals surface area contributed by atoms with E-state index in [1.165, 1.54) is 0 Å². The monoisotopic (exact) mass is 378 g/mol. The fourth-order valence-corrected chi connectivity index (χ4v) is 4.99. The quantitative estimate of drug-likeness (QED) is 0.743. The molecule has 1 amide bonds. The van der Waals surface area contributed by atoms with Crippen molar-refractivity contribution in [1.29, 1.82) is 0 Å². The minimum Gasteiger partial charge on any atom is -0.440 e. The molecular weight excluding hydrogens is 357 g/mol. The van der Waals surface area contributed by atoms with Crippen molar-refractivity contribution in [3.05, 3.63) is 29.2 Å². The molecule has 1 aromatic heterocycles. The summed E-state index contributed by atoms with van der Waals surface area (Å²) in [5.41, 5.74) is 3.37. The molecule has 1 aromatic carbocycles. The molecule has 2 fully saturated rings. The Bertz CT molecular complexity index is 947. The first-order valence-corrected chi connectivity index (χ1v) is 9.50. The lowest BCUT2D eigenvalue weighted by Crippen LogP contribution is -2.61. The molecular formula is C20H21F3N2O2. The maximum atomic E-state index is 13.1. The van der Waals surface area contributed by atoms with Crippen molar-refractivity contribution in [3.63, 3.8) is 0 Å². The van der Waals surface area contributed by atoms with Crippen LogP contribution < -0.4 is 0 Å². The highest BCUT2D eigenvalue weighted by Gasteiger charge is 2.54. The molecule has 144 valence electrons. The maximum Gasteiger partial charge on any atom is 0.471 e. The second kappa shape index (κ2) is 5.26. The lowest BCUT2D eigenvalue weighted by molar-refractivity contribution is -0.192. The van der Waals surface area contributed by atoms with E-state index in [9.17, 15) is 18.0 Å². The number of halogens is 3. The van der Waals surface area contributed by atoms with Gasteiger partial charge in [0.1, 0.15) is 5.52 Å². The van der Waals surface area contributed by atoms with Gasteiger partial charge >= 0.3 is 12.1 Å². The number of aromatic nitrogens is 1. The summed E-state index contributed by atoms with van der Waals surface area (Å²) in [4.78, 5) is 17.6. The Labute approximate surface area is 154 Å². The van der Waals surface area contributed by atoms with Gasteiger partial charge in [-0.05, 0) is 60.3 Å². The highest BCUT2D eigenvalue weighted by atomic mass is 19.4. The van der Waals surface area contributed by atoms with E-state index in [0.717, 1.165) is 45.9 Å². The van der Waals surface area contributed by atoms with Crippen LogP contribution in [0.2, 0.25) is 0 Å². The number of piperidine rings is 1. The molecule has 0 spiro atoms. The van der Waals surface area contributed by atoms with Crippen molar-refractivity contribution in [2.24, 2.45) is 5.92 Å². The molecule has 1 aliphatic heterocycles. The molecule has 3 atom stereocenters. The summed E-state index contributed by atoms with van der Waals surface area (Å²) in [5.74, 6) is -0.609. The molecule has 27 heavy (non-hydrogen) atoms. The van der Waals surface area contributed by atoms with E-state index in [4.69, 9.17) is 4.42 Å². The normalized spacial score (nSPS) is 30.5. The highest BCUT2D eigenvalue weighted by Crippen LogP contribution is 2.50. The Hall–Kier alpha value is -2.05. The highest BCUT2D eigenvalue weighted by molar-refractivity contribution is 5.83. The Balaban J connectivity index is 1.59. The van der Waals surface area contributed by atoms with Crippen LogP contribution in [-0.4, -0.2) is 34.6 Å². The van der Waals surface area contributed by atoms with Crippen molar-refractivity contribution in [1.82, 2.24) is 9.88 Å². The first kappa shape index (κ1) is 17.1. The van der Waals surface area contributed by atoms with Crippen molar-refractivity contribution >= 4 is 17.0 Å². The third-order valence-corrected chi connectivity index (χ3v) is 6.96. The third kappa shape index (κ3) is 2.43. The average molecular weight is 378 g/mol. The predicted molar refractivity (Wildman–Crippen MR) is 92.4 cm³/mol. The van der Waals surface area contributed by atoms with E-state index in [1.807, 2.05) is 19.1 Å². The predicted octanol–water partition coefficient (Wildman–Crippen LogP) is 4.32. The number of nitrogens with zero attached hydrogens (tertiary/aromatic N) is 2. The van der Waals surface area contributed by atoms with Crippen LogP contribution in [0.25, 0.3) is 11.1 Å². The van der Waals surface area contributed by atoms with Gasteiger partial charge in [0, 0.05) is 18.5 Å². The summed E-state index contributed by atoms with van der Waals surface area (Å²) < 4.78 is 45.1. The minimum atomic E-state index is -4.83. The van der Waals surface area contributed by atoms with Crippen LogP contribution in [0.5, 0.6) is 0 Å². The van der Waals surface area contributed by atoms with E-state index >= 15 is 0 Å². The SMILES string of the molecule is CC1[C@H]2Cc3cc4nc(C5CC5)oc4cc3C1(C)CCN2C(=O)C(F)(F)F. The summed E-state index contributed by atoms with van der Waals surface area (Å²) in [5, 5.41) is 0. The van der Waals surface area contributed by atoms with Crippen LogP contribution in [0.3, 0.4) is 0 Å². The van der Waals surface area contributed by atoms with Gasteiger partial charge in [0.25, 0.3) is 0 Å². The van der Waals surface area contributed by atoms with E-state index < -0.39 is 18.1 Å². The van der Waals surface area contributed by atoms with Crippen molar-refractivity contribution < 1.29 is 22.4 Å². The van der Waals surface area contributed by atoms with Gasteiger partial charge in [-0.25, -0.2) is 4.98 Å². The van der Waals surface area contributed by atoms with E-state index in [2.05, 4.69) is 11.9 Å². The van der Waals surface area contributed by atoms with Crippen LogP contribution in [0.15, 0.2) is 16.5 Å². The topological polar surface area (TPSA) is 46.3 Å². The number of carbonyl (C=O) groups excluding carboxylic acids is 1. The Kier molecular flexibility index (Phi) is 3.33. The summed E-state index contributed by atoms with van der Waals surface area (Å²) in [6.07, 6.45) is -1.71. The number of hydrogen-bond donors (Lipinski definition) is 0. The molecule has 2 unspecified atom stereocenters. The van der Waals surface area contributed by atoms with Gasteiger partial charge < -0.3 is 9.32 Å². The Morgan fingerprint density at radius 3 is 2.74 bits per heavy atom. The molecule has 7 heteroatoms. The molecule has 1 saturated carbocycles. The minimum absolute atomic E-state index is 0.0617. The average Bonchev–Trinajstić information content (AvgIpc) is 3.36. The largest absolute Gasteiger partial charge is 0.471 e. The zero-order valence-electron chi connectivity index (χ0n) is 15.3. The number of benzene rings is 1. The van der Waals surface area contributed by atoms with Crippen LogP contribution >= 0.6 is 0 Å². The van der Waals surface area contributed by atoms with Crippen molar-refractivity contribution in [2.45, 2.75) is 63.1 Å².